The number of nitrogens with zero attached hydrogens (tertiary/aromatic N) is 5. The van der Waals surface area contributed by atoms with Crippen LogP contribution in [-0.4, -0.2) is 84.6 Å². The highest BCUT2D eigenvalue weighted by atomic mass is 16.5. The third kappa shape index (κ3) is 8.64. The number of aryl methyl sites for hydroxylation is 1. The zero-order valence-electron chi connectivity index (χ0n) is 24.6. The van der Waals surface area contributed by atoms with Crippen molar-refractivity contribution in [2.45, 2.75) is 71.2 Å². The first-order valence-corrected chi connectivity index (χ1v) is 14.5. The van der Waals surface area contributed by atoms with Crippen LogP contribution < -0.4 is 21.5 Å². The number of hydrogen-bond acceptors (Lipinski definition) is 10. The number of aliphatic imine (C=N–C) groups is 2. The maximum Gasteiger partial charge on any atom is 0.227 e. The van der Waals surface area contributed by atoms with E-state index in [1.165, 1.54) is 6.34 Å². The minimum atomic E-state index is -0.103. The van der Waals surface area contributed by atoms with Gasteiger partial charge in [-0.3, -0.25) is 14.9 Å². The van der Waals surface area contributed by atoms with Crippen LogP contribution in [0.4, 0.5) is 5.95 Å². The van der Waals surface area contributed by atoms with Crippen LogP contribution in [0.15, 0.2) is 52.2 Å². The average molecular weight is 565 g/mol. The molecule has 5 N–H and O–H groups in total. The molecule has 0 bridgehead atoms. The molecule has 11 heteroatoms. The molecule has 2 saturated heterocycles. The monoisotopic (exact) mass is 564 g/mol. The van der Waals surface area contributed by atoms with Gasteiger partial charge in [-0.05, 0) is 57.2 Å². The second-order valence-electron chi connectivity index (χ2n) is 10.7. The number of benzene rings is 1. The third-order valence-corrected chi connectivity index (χ3v) is 7.15. The number of allylic oxidation sites excluding steroid dienone is 1. The molecule has 0 saturated carbocycles. The zero-order chi connectivity index (χ0) is 29.2. The summed E-state index contributed by atoms with van der Waals surface area (Å²) in [5, 5.41) is 3.21. The molecule has 4 rings (SSSR count). The number of hydrogen-bond donors (Lipinski definition) is 3. The highest BCUT2D eigenvalue weighted by Gasteiger charge is 2.29. The smallest absolute Gasteiger partial charge is 0.227 e. The molecule has 2 aliphatic rings. The van der Waals surface area contributed by atoms with Gasteiger partial charge in [0.25, 0.3) is 0 Å². The van der Waals surface area contributed by atoms with E-state index in [4.69, 9.17) is 30.7 Å². The summed E-state index contributed by atoms with van der Waals surface area (Å²) < 4.78 is 17.3. The summed E-state index contributed by atoms with van der Waals surface area (Å²) in [4.78, 5) is 20.5. The van der Waals surface area contributed by atoms with Crippen LogP contribution in [0.3, 0.4) is 0 Å². The molecule has 0 unspecified atom stereocenters. The third-order valence-electron chi connectivity index (χ3n) is 7.15. The summed E-state index contributed by atoms with van der Waals surface area (Å²) >= 11 is 0. The van der Waals surface area contributed by atoms with Crippen molar-refractivity contribution < 1.29 is 14.2 Å². The summed E-state index contributed by atoms with van der Waals surface area (Å²) in [7, 11) is 0. The fourth-order valence-electron chi connectivity index (χ4n) is 4.75. The topological polar surface area (TPSA) is 146 Å². The molecule has 2 aliphatic heterocycles. The van der Waals surface area contributed by atoms with Crippen LogP contribution in [0.2, 0.25) is 0 Å². The molecule has 1 aromatic carbocycles. The van der Waals surface area contributed by atoms with E-state index >= 15 is 0 Å². The number of likely N-dealkylation sites (tertiary alicyclic amines) is 1. The van der Waals surface area contributed by atoms with E-state index in [-0.39, 0.29) is 24.1 Å². The first-order valence-electron chi connectivity index (χ1n) is 14.5. The lowest BCUT2D eigenvalue weighted by Crippen LogP contribution is -2.52. The molecule has 222 valence electrons. The summed E-state index contributed by atoms with van der Waals surface area (Å²) in [6.45, 7) is 12.2. The Morgan fingerprint density at radius 1 is 1.17 bits per heavy atom. The Morgan fingerprint density at radius 2 is 1.90 bits per heavy atom. The molecule has 2 aromatic rings. The molecule has 2 fully saturated rings. The first-order chi connectivity index (χ1) is 19.9. The van der Waals surface area contributed by atoms with E-state index in [1.807, 2.05) is 26.8 Å². The van der Waals surface area contributed by atoms with Gasteiger partial charge in [-0.15, -0.1) is 0 Å². The summed E-state index contributed by atoms with van der Waals surface area (Å²) in [6.07, 6.45) is 9.27. The Morgan fingerprint density at radius 3 is 2.51 bits per heavy atom. The maximum absolute atomic E-state index is 6.30. The Balaban J connectivity index is 1.44. The van der Waals surface area contributed by atoms with Crippen LogP contribution in [0, 0.1) is 0 Å². The molecule has 1 aromatic heterocycles. The normalized spacial score (nSPS) is 18.5. The van der Waals surface area contributed by atoms with Gasteiger partial charge in [0.15, 0.2) is 0 Å². The van der Waals surface area contributed by atoms with Crippen molar-refractivity contribution in [3.63, 3.8) is 0 Å². The molecule has 11 nitrogen and oxygen atoms in total. The van der Waals surface area contributed by atoms with Crippen LogP contribution >= 0.6 is 0 Å². The van der Waals surface area contributed by atoms with Crippen molar-refractivity contribution in [3.05, 3.63) is 47.7 Å². The van der Waals surface area contributed by atoms with E-state index in [2.05, 4.69) is 44.2 Å². The quantitative estimate of drug-likeness (QED) is 0.189. The number of rotatable bonds is 13. The SMILES string of the molecule is CCc1ccc(-c2cnc(N/C(C=NC3CCN(C4COC4)CC3)=C(/N)OC(C)C)nc2)cc1O[C@@H](C)CN=CN. The molecular weight excluding hydrogens is 520 g/mol. The Kier molecular flexibility index (Phi) is 10.9. The lowest BCUT2D eigenvalue weighted by atomic mass is 10.0. The molecule has 3 heterocycles. The van der Waals surface area contributed by atoms with Crippen molar-refractivity contribution in [1.82, 2.24) is 14.9 Å². The lowest BCUT2D eigenvalue weighted by molar-refractivity contribution is -0.0709. The molecule has 1 atom stereocenters. The van der Waals surface area contributed by atoms with Crippen molar-refractivity contribution in [1.29, 1.82) is 0 Å². The molecule has 0 amide bonds. The number of anilines is 1. The second kappa shape index (κ2) is 14.8. The predicted molar refractivity (Wildman–Crippen MR) is 163 cm³/mol. The minimum Gasteiger partial charge on any atom is -0.488 e. The standard InChI is InChI=1S/C30H44N8O3/c1-5-22-6-7-23(12-28(22)41-21(4)13-33-19-31)24-14-35-30(36-15-24)37-27(29(32)40-20(2)3)16-34-25-8-10-38(11-9-25)26-17-39-18-26/h6-7,12,14-16,19-21,25-26H,5,8-11,13,17-18,32H2,1-4H3,(H2,31,33)(H,35,36,37)/b29-27-,34-16?/t21-/m0/s1. The van der Waals surface area contributed by atoms with Crippen LogP contribution in [0.1, 0.15) is 46.1 Å². The fraction of sp³-hybridized carbons (Fsp3) is 0.533. The van der Waals surface area contributed by atoms with E-state index < -0.39 is 0 Å². The molecule has 0 spiro atoms. The van der Waals surface area contributed by atoms with Crippen molar-refractivity contribution in [3.8, 4) is 16.9 Å². The van der Waals surface area contributed by atoms with Gasteiger partial charge in [0, 0.05) is 31.0 Å². The maximum atomic E-state index is 6.30. The lowest BCUT2D eigenvalue weighted by Gasteiger charge is -2.40. The van der Waals surface area contributed by atoms with Gasteiger partial charge in [-0.2, -0.15) is 0 Å². The number of nitrogens with two attached hydrogens (primary N) is 2. The van der Waals surface area contributed by atoms with Crippen molar-refractivity contribution in [2.24, 2.45) is 21.5 Å². The van der Waals surface area contributed by atoms with Gasteiger partial charge in [-0.1, -0.05) is 19.1 Å². The van der Waals surface area contributed by atoms with Gasteiger partial charge in [-0.25, -0.2) is 9.97 Å². The van der Waals surface area contributed by atoms with E-state index in [1.54, 1.807) is 18.6 Å². The zero-order valence-corrected chi connectivity index (χ0v) is 24.6. The van der Waals surface area contributed by atoms with Gasteiger partial charge < -0.3 is 31.0 Å². The first kappa shape index (κ1) is 30.3. The van der Waals surface area contributed by atoms with Gasteiger partial charge >= 0.3 is 0 Å². The Bertz CT molecular complexity index is 1200. The highest BCUT2D eigenvalue weighted by molar-refractivity contribution is 5.83. The van der Waals surface area contributed by atoms with E-state index in [0.29, 0.717) is 24.2 Å². The average Bonchev–Trinajstić information content (AvgIpc) is 2.94. The summed E-state index contributed by atoms with van der Waals surface area (Å²) in [5.41, 5.74) is 15.2. The van der Waals surface area contributed by atoms with Crippen LogP contribution in [-0.2, 0) is 15.9 Å². The van der Waals surface area contributed by atoms with Crippen molar-refractivity contribution in [2.75, 3.05) is 38.2 Å². The number of ether oxygens (including phenoxy) is 3. The predicted octanol–water partition coefficient (Wildman–Crippen LogP) is 3.36. The van der Waals surface area contributed by atoms with Gasteiger partial charge in [0.1, 0.15) is 17.6 Å². The van der Waals surface area contributed by atoms with Gasteiger partial charge in [0.2, 0.25) is 11.8 Å². The summed E-state index contributed by atoms with van der Waals surface area (Å²) in [5.74, 6) is 1.48. The van der Waals surface area contributed by atoms with Crippen LogP contribution in [0.25, 0.3) is 11.1 Å². The highest BCUT2D eigenvalue weighted by Crippen LogP contribution is 2.28. The number of piperidine rings is 1. The van der Waals surface area contributed by atoms with Gasteiger partial charge in [0.05, 0.1) is 50.5 Å². The van der Waals surface area contributed by atoms with E-state index in [9.17, 15) is 0 Å². The fourth-order valence-corrected chi connectivity index (χ4v) is 4.75. The second-order valence-corrected chi connectivity index (χ2v) is 10.7. The Labute approximate surface area is 243 Å². The molecule has 41 heavy (non-hydrogen) atoms. The van der Waals surface area contributed by atoms with Crippen molar-refractivity contribution >= 4 is 18.5 Å². The Hall–Kier alpha value is -3.70. The van der Waals surface area contributed by atoms with E-state index in [0.717, 1.165) is 68.0 Å². The number of nitrogens with one attached hydrogen (secondary N) is 1. The molecule has 0 radical (unpaired) electrons. The molecule has 0 aliphatic carbocycles. The molecular formula is C30H44N8O3. The number of aromatic nitrogens is 2. The minimum absolute atomic E-state index is 0.0798. The van der Waals surface area contributed by atoms with Crippen LogP contribution in [0.5, 0.6) is 5.75 Å². The summed E-state index contributed by atoms with van der Waals surface area (Å²) in [6, 6.07) is 6.93. The largest absolute Gasteiger partial charge is 0.488 e.